The summed E-state index contributed by atoms with van der Waals surface area (Å²) in [6.07, 6.45) is 1.50. The number of amides is 1. The van der Waals surface area contributed by atoms with Crippen LogP contribution in [-0.4, -0.2) is 12.5 Å². The van der Waals surface area contributed by atoms with Crippen LogP contribution >= 0.6 is 23.2 Å². The van der Waals surface area contributed by atoms with Gasteiger partial charge in [0.1, 0.15) is 0 Å². The van der Waals surface area contributed by atoms with Gasteiger partial charge >= 0.3 is 0 Å². The molecule has 1 unspecified atom stereocenters. The Bertz CT molecular complexity index is 392. The van der Waals surface area contributed by atoms with E-state index in [2.05, 4.69) is 5.32 Å². The van der Waals surface area contributed by atoms with Gasteiger partial charge in [0, 0.05) is 13.0 Å². The molecule has 1 aliphatic heterocycles. The third kappa shape index (κ3) is 2.44. The molecule has 2 rings (SSSR count). The summed E-state index contributed by atoms with van der Waals surface area (Å²) in [5.41, 5.74) is 1.10. The van der Waals surface area contributed by atoms with Crippen molar-refractivity contribution < 1.29 is 4.79 Å². The molecule has 1 N–H and O–H groups in total. The summed E-state index contributed by atoms with van der Waals surface area (Å²) in [6, 6.07) is 5.58. The van der Waals surface area contributed by atoms with Gasteiger partial charge in [0.25, 0.3) is 0 Å². The molecule has 1 fully saturated rings. The summed E-state index contributed by atoms with van der Waals surface area (Å²) in [7, 11) is 0. The minimum absolute atomic E-state index is 0.109. The number of benzene rings is 1. The molecule has 0 radical (unpaired) electrons. The summed E-state index contributed by atoms with van der Waals surface area (Å²) in [5.74, 6) is 0.380. The standard InChI is InChI=1S/C11H11Cl2NO/c12-9-2-1-7(5-10(9)13)8-3-4-14-11(15)6-8/h1-2,5,8H,3-4,6H2,(H,14,15). The lowest BCUT2D eigenvalue weighted by molar-refractivity contribution is -0.122. The molecule has 1 amide bonds. The first-order chi connectivity index (χ1) is 7.16. The van der Waals surface area contributed by atoms with E-state index in [0.717, 1.165) is 18.5 Å². The van der Waals surface area contributed by atoms with Crippen molar-refractivity contribution in [1.82, 2.24) is 5.32 Å². The normalized spacial score (nSPS) is 21.2. The second-order valence-corrected chi connectivity index (χ2v) is 4.53. The Balaban J connectivity index is 2.21. The van der Waals surface area contributed by atoms with Crippen LogP contribution in [0.1, 0.15) is 24.3 Å². The number of carbonyl (C=O) groups excluding carboxylic acids is 1. The van der Waals surface area contributed by atoms with E-state index in [1.54, 1.807) is 6.07 Å². The molecule has 0 spiro atoms. The minimum Gasteiger partial charge on any atom is -0.356 e. The maximum Gasteiger partial charge on any atom is 0.220 e. The third-order valence-corrected chi connectivity index (χ3v) is 3.40. The van der Waals surface area contributed by atoms with E-state index in [-0.39, 0.29) is 11.8 Å². The summed E-state index contributed by atoms with van der Waals surface area (Å²) in [6.45, 7) is 0.740. The predicted octanol–water partition coefficient (Wildman–Crippen LogP) is 2.99. The minimum atomic E-state index is 0.109. The van der Waals surface area contributed by atoms with Crippen molar-refractivity contribution in [3.8, 4) is 0 Å². The molecule has 4 heteroatoms. The van der Waals surface area contributed by atoms with Crippen LogP contribution in [0.2, 0.25) is 10.0 Å². The van der Waals surface area contributed by atoms with Crippen LogP contribution in [0, 0.1) is 0 Å². The lowest BCUT2D eigenvalue weighted by Gasteiger charge is -2.22. The Morgan fingerprint density at radius 2 is 2.07 bits per heavy atom. The zero-order valence-corrected chi connectivity index (χ0v) is 9.61. The first-order valence-electron chi connectivity index (χ1n) is 4.88. The number of nitrogens with one attached hydrogen (secondary N) is 1. The van der Waals surface area contributed by atoms with Crippen LogP contribution in [-0.2, 0) is 4.79 Å². The van der Waals surface area contributed by atoms with Gasteiger partial charge in [0.15, 0.2) is 0 Å². The molecular weight excluding hydrogens is 233 g/mol. The van der Waals surface area contributed by atoms with Gasteiger partial charge in [-0.05, 0) is 30.0 Å². The van der Waals surface area contributed by atoms with Crippen molar-refractivity contribution in [3.63, 3.8) is 0 Å². The van der Waals surface area contributed by atoms with Gasteiger partial charge < -0.3 is 5.32 Å². The van der Waals surface area contributed by atoms with Crippen molar-refractivity contribution in [2.24, 2.45) is 0 Å². The fraction of sp³-hybridized carbons (Fsp3) is 0.364. The molecule has 0 aliphatic carbocycles. The molecule has 1 heterocycles. The Kier molecular flexibility index (Phi) is 3.17. The van der Waals surface area contributed by atoms with E-state index in [1.807, 2.05) is 12.1 Å². The van der Waals surface area contributed by atoms with Gasteiger partial charge in [-0.2, -0.15) is 0 Å². The highest BCUT2D eigenvalue weighted by Gasteiger charge is 2.20. The lowest BCUT2D eigenvalue weighted by Crippen LogP contribution is -2.32. The predicted molar refractivity (Wildman–Crippen MR) is 61.4 cm³/mol. The van der Waals surface area contributed by atoms with Gasteiger partial charge in [-0.25, -0.2) is 0 Å². The van der Waals surface area contributed by atoms with Crippen molar-refractivity contribution in [3.05, 3.63) is 33.8 Å². The zero-order chi connectivity index (χ0) is 10.8. The smallest absolute Gasteiger partial charge is 0.220 e. The van der Waals surface area contributed by atoms with Crippen molar-refractivity contribution in [1.29, 1.82) is 0 Å². The van der Waals surface area contributed by atoms with Gasteiger partial charge in [-0.1, -0.05) is 29.3 Å². The van der Waals surface area contributed by atoms with Crippen LogP contribution in [0.4, 0.5) is 0 Å². The monoisotopic (exact) mass is 243 g/mol. The van der Waals surface area contributed by atoms with Crippen LogP contribution in [0.15, 0.2) is 18.2 Å². The summed E-state index contributed by atoms with van der Waals surface area (Å²) >= 11 is 11.8. The molecule has 1 aromatic carbocycles. The van der Waals surface area contributed by atoms with Crippen LogP contribution in [0.3, 0.4) is 0 Å². The molecule has 1 aliphatic rings. The Morgan fingerprint density at radius 1 is 1.27 bits per heavy atom. The largest absolute Gasteiger partial charge is 0.356 e. The second kappa shape index (κ2) is 4.42. The maximum atomic E-state index is 11.2. The van der Waals surface area contributed by atoms with E-state index in [9.17, 15) is 4.79 Å². The number of hydrogen-bond acceptors (Lipinski definition) is 1. The number of carbonyl (C=O) groups is 1. The molecular formula is C11H11Cl2NO. The fourth-order valence-corrected chi connectivity index (χ4v) is 2.14. The van der Waals surface area contributed by atoms with Gasteiger partial charge in [0.05, 0.1) is 10.0 Å². The quantitative estimate of drug-likeness (QED) is 0.808. The lowest BCUT2D eigenvalue weighted by atomic mass is 9.90. The molecule has 2 nitrogen and oxygen atoms in total. The number of piperidine rings is 1. The van der Waals surface area contributed by atoms with E-state index < -0.39 is 0 Å². The number of halogens is 2. The summed E-state index contributed by atoms with van der Waals surface area (Å²) < 4.78 is 0. The summed E-state index contributed by atoms with van der Waals surface area (Å²) in [5, 5.41) is 3.92. The van der Waals surface area contributed by atoms with Gasteiger partial charge in [0.2, 0.25) is 5.91 Å². The van der Waals surface area contributed by atoms with E-state index in [4.69, 9.17) is 23.2 Å². The van der Waals surface area contributed by atoms with Gasteiger partial charge in [-0.3, -0.25) is 4.79 Å². The molecule has 1 aromatic rings. The molecule has 0 bridgehead atoms. The van der Waals surface area contributed by atoms with Crippen LogP contribution in [0.5, 0.6) is 0 Å². The number of rotatable bonds is 1. The third-order valence-electron chi connectivity index (χ3n) is 2.66. The average Bonchev–Trinajstić information content (AvgIpc) is 2.22. The summed E-state index contributed by atoms with van der Waals surface area (Å²) in [4.78, 5) is 11.2. The SMILES string of the molecule is O=C1CC(c2ccc(Cl)c(Cl)c2)CCN1. The number of hydrogen-bond donors (Lipinski definition) is 1. The first-order valence-corrected chi connectivity index (χ1v) is 5.64. The first kappa shape index (κ1) is 10.8. The van der Waals surface area contributed by atoms with Crippen LogP contribution in [0.25, 0.3) is 0 Å². The fourth-order valence-electron chi connectivity index (χ4n) is 1.83. The Labute approximate surface area is 98.6 Å². The highest BCUT2D eigenvalue weighted by Crippen LogP contribution is 2.30. The molecule has 0 saturated carbocycles. The topological polar surface area (TPSA) is 29.1 Å². The molecule has 0 aromatic heterocycles. The zero-order valence-electron chi connectivity index (χ0n) is 8.09. The highest BCUT2D eigenvalue weighted by atomic mass is 35.5. The van der Waals surface area contributed by atoms with E-state index in [1.165, 1.54) is 0 Å². The van der Waals surface area contributed by atoms with Gasteiger partial charge in [-0.15, -0.1) is 0 Å². The van der Waals surface area contributed by atoms with E-state index in [0.29, 0.717) is 16.5 Å². The Morgan fingerprint density at radius 3 is 2.73 bits per heavy atom. The molecule has 1 saturated heterocycles. The maximum absolute atomic E-state index is 11.2. The highest BCUT2D eigenvalue weighted by molar-refractivity contribution is 6.42. The van der Waals surface area contributed by atoms with Crippen molar-refractivity contribution in [2.75, 3.05) is 6.54 Å². The molecule has 15 heavy (non-hydrogen) atoms. The Hall–Kier alpha value is -0.730. The van der Waals surface area contributed by atoms with Crippen molar-refractivity contribution in [2.45, 2.75) is 18.8 Å². The van der Waals surface area contributed by atoms with E-state index >= 15 is 0 Å². The second-order valence-electron chi connectivity index (χ2n) is 3.71. The van der Waals surface area contributed by atoms with Crippen LogP contribution < -0.4 is 5.32 Å². The molecule has 80 valence electrons. The average molecular weight is 244 g/mol. The van der Waals surface area contributed by atoms with Crippen molar-refractivity contribution >= 4 is 29.1 Å². The molecule has 1 atom stereocenters.